The van der Waals surface area contributed by atoms with Gasteiger partial charge in [0.05, 0.1) is 11.1 Å². The Bertz CT molecular complexity index is 364. The monoisotopic (exact) mass is 243 g/mol. The molecule has 0 heterocycles. The minimum atomic E-state index is -0.344. The van der Waals surface area contributed by atoms with E-state index in [0.717, 1.165) is 25.7 Å². The molecule has 0 spiro atoms. The topological polar surface area (TPSA) is 35.2 Å². The first-order valence-electron chi connectivity index (χ1n) is 5.52. The van der Waals surface area contributed by atoms with Gasteiger partial charge < -0.3 is 10.5 Å². The zero-order valence-electron chi connectivity index (χ0n) is 8.96. The molecule has 1 aliphatic carbocycles. The lowest BCUT2D eigenvalue weighted by atomic mass is 9.94. The highest BCUT2D eigenvalue weighted by Gasteiger charge is 2.20. The standard InChI is InChI=1S/C12H15ClFNO/c13-11-7-8(14)1-6-12(11)16-10-4-2-9(15)3-5-10/h1,6-7,9-10H,2-5,15H2. The van der Waals surface area contributed by atoms with Gasteiger partial charge in [0.2, 0.25) is 0 Å². The van der Waals surface area contributed by atoms with E-state index in [2.05, 4.69) is 0 Å². The highest BCUT2D eigenvalue weighted by Crippen LogP contribution is 2.29. The first-order valence-corrected chi connectivity index (χ1v) is 5.90. The summed E-state index contributed by atoms with van der Waals surface area (Å²) < 4.78 is 18.6. The lowest BCUT2D eigenvalue weighted by Gasteiger charge is -2.27. The molecule has 1 aliphatic rings. The Morgan fingerprint density at radius 3 is 2.56 bits per heavy atom. The van der Waals surface area contributed by atoms with Crippen molar-refractivity contribution in [2.24, 2.45) is 5.73 Å². The quantitative estimate of drug-likeness (QED) is 0.866. The number of hydrogen-bond donors (Lipinski definition) is 1. The molecule has 2 N–H and O–H groups in total. The van der Waals surface area contributed by atoms with Crippen LogP contribution >= 0.6 is 11.6 Å². The first kappa shape index (κ1) is 11.7. The van der Waals surface area contributed by atoms with Crippen LogP contribution in [0.4, 0.5) is 4.39 Å². The van der Waals surface area contributed by atoms with Crippen LogP contribution in [0.5, 0.6) is 5.75 Å². The highest BCUT2D eigenvalue weighted by molar-refractivity contribution is 6.32. The Morgan fingerprint density at radius 2 is 1.94 bits per heavy atom. The van der Waals surface area contributed by atoms with Crippen molar-refractivity contribution < 1.29 is 9.13 Å². The molecule has 2 rings (SSSR count). The maximum Gasteiger partial charge on any atom is 0.138 e. The summed E-state index contributed by atoms with van der Waals surface area (Å²) in [5.41, 5.74) is 5.81. The second-order valence-corrected chi connectivity index (χ2v) is 4.64. The molecule has 0 amide bonds. The molecular formula is C12H15ClFNO. The van der Waals surface area contributed by atoms with E-state index in [-0.39, 0.29) is 11.9 Å². The zero-order valence-corrected chi connectivity index (χ0v) is 9.71. The average Bonchev–Trinajstić information content (AvgIpc) is 2.25. The molecular weight excluding hydrogens is 229 g/mol. The molecule has 1 aromatic carbocycles. The summed E-state index contributed by atoms with van der Waals surface area (Å²) >= 11 is 5.89. The van der Waals surface area contributed by atoms with Crippen molar-refractivity contribution in [2.45, 2.75) is 37.8 Å². The summed E-state index contributed by atoms with van der Waals surface area (Å²) in [5, 5.41) is 0.329. The third-order valence-electron chi connectivity index (χ3n) is 2.91. The third-order valence-corrected chi connectivity index (χ3v) is 3.20. The van der Waals surface area contributed by atoms with Crippen LogP contribution in [0.1, 0.15) is 25.7 Å². The summed E-state index contributed by atoms with van der Waals surface area (Å²) in [6.07, 6.45) is 3.99. The number of nitrogens with two attached hydrogens (primary N) is 1. The van der Waals surface area contributed by atoms with Gasteiger partial charge in [-0.15, -0.1) is 0 Å². The molecule has 4 heteroatoms. The van der Waals surface area contributed by atoms with E-state index in [0.29, 0.717) is 16.8 Å². The number of hydrogen-bond acceptors (Lipinski definition) is 2. The molecule has 0 radical (unpaired) electrons. The van der Waals surface area contributed by atoms with Crippen molar-refractivity contribution in [1.82, 2.24) is 0 Å². The van der Waals surface area contributed by atoms with E-state index in [1.807, 2.05) is 0 Å². The first-order chi connectivity index (χ1) is 7.65. The Hall–Kier alpha value is -0.800. The van der Waals surface area contributed by atoms with Crippen LogP contribution in [-0.2, 0) is 0 Å². The van der Waals surface area contributed by atoms with E-state index in [9.17, 15) is 4.39 Å². The minimum absolute atomic E-state index is 0.155. The van der Waals surface area contributed by atoms with Gasteiger partial charge in [0.15, 0.2) is 0 Å². The minimum Gasteiger partial charge on any atom is -0.489 e. The predicted molar refractivity (Wildman–Crippen MR) is 62.3 cm³/mol. The molecule has 0 aliphatic heterocycles. The van der Waals surface area contributed by atoms with E-state index in [1.165, 1.54) is 12.1 Å². The van der Waals surface area contributed by atoms with Crippen molar-refractivity contribution in [3.8, 4) is 5.75 Å². The smallest absolute Gasteiger partial charge is 0.138 e. The van der Waals surface area contributed by atoms with E-state index in [1.54, 1.807) is 6.07 Å². The lowest BCUT2D eigenvalue weighted by Crippen LogP contribution is -2.31. The summed E-state index contributed by atoms with van der Waals surface area (Å²) in [6, 6.07) is 4.50. The van der Waals surface area contributed by atoms with Gasteiger partial charge in [-0.2, -0.15) is 0 Å². The van der Waals surface area contributed by atoms with Crippen molar-refractivity contribution in [2.75, 3.05) is 0 Å². The number of rotatable bonds is 2. The zero-order chi connectivity index (χ0) is 11.5. The second-order valence-electron chi connectivity index (χ2n) is 4.23. The predicted octanol–water partition coefficient (Wildman–Crippen LogP) is 3.13. The Kier molecular flexibility index (Phi) is 3.66. The Labute approximate surface area is 99.5 Å². The molecule has 1 aromatic rings. The van der Waals surface area contributed by atoms with Gasteiger partial charge in [0.25, 0.3) is 0 Å². The summed E-state index contributed by atoms with van der Waals surface area (Å²) in [5.74, 6) is 0.214. The SMILES string of the molecule is NC1CCC(Oc2ccc(F)cc2Cl)CC1. The fraction of sp³-hybridized carbons (Fsp3) is 0.500. The number of benzene rings is 1. The van der Waals surface area contributed by atoms with Gasteiger partial charge in [-0.05, 0) is 43.9 Å². The lowest BCUT2D eigenvalue weighted by molar-refractivity contribution is 0.147. The fourth-order valence-electron chi connectivity index (χ4n) is 1.96. The molecule has 2 nitrogen and oxygen atoms in total. The van der Waals surface area contributed by atoms with Gasteiger partial charge >= 0.3 is 0 Å². The molecule has 0 saturated heterocycles. The molecule has 88 valence electrons. The van der Waals surface area contributed by atoms with Crippen molar-refractivity contribution in [3.05, 3.63) is 29.0 Å². The van der Waals surface area contributed by atoms with Gasteiger partial charge in [0, 0.05) is 6.04 Å². The van der Waals surface area contributed by atoms with E-state index in [4.69, 9.17) is 22.1 Å². The summed E-state index contributed by atoms with van der Waals surface area (Å²) in [4.78, 5) is 0. The van der Waals surface area contributed by atoms with Crippen LogP contribution in [0.2, 0.25) is 5.02 Å². The molecule has 0 aromatic heterocycles. The highest BCUT2D eigenvalue weighted by atomic mass is 35.5. The maximum atomic E-state index is 12.8. The van der Waals surface area contributed by atoms with Crippen molar-refractivity contribution in [3.63, 3.8) is 0 Å². The molecule has 1 fully saturated rings. The molecule has 16 heavy (non-hydrogen) atoms. The molecule has 0 atom stereocenters. The van der Waals surface area contributed by atoms with Gasteiger partial charge in [-0.25, -0.2) is 4.39 Å². The van der Waals surface area contributed by atoms with Crippen LogP contribution in [0.25, 0.3) is 0 Å². The normalized spacial score (nSPS) is 25.4. The summed E-state index contributed by atoms with van der Waals surface area (Å²) in [6.45, 7) is 0. The third kappa shape index (κ3) is 2.86. The van der Waals surface area contributed by atoms with Gasteiger partial charge in [0.1, 0.15) is 11.6 Å². The van der Waals surface area contributed by atoms with E-state index >= 15 is 0 Å². The molecule has 0 unspecified atom stereocenters. The fourth-order valence-corrected chi connectivity index (χ4v) is 2.17. The van der Waals surface area contributed by atoms with Crippen LogP contribution in [0.15, 0.2) is 18.2 Å². The van der Waals surface area contributed by atoms with Crippen molar-refractivity contribution >= 4 is 11.6 Å². The van der Waals surface area contributed by atoms with Crippen LogP contribution < -0.4 is 10.5 Å². The van der Waals surface area contributed by atoms with E-state index < -0.39 is 0 Å². The van der Waals surface area contributed by atoms with Crippen molar-refractivity contribution in [1.29, 1.82) is 0 Å². The van der Waals surface area contributed by atoms with Gasteiger partial charge in [-0.3, -0.25) is 0 Å². The average molecular weight is 244 g/mol. The molecule has 0 bridgehead atoms. The van der Waals surface area contributed by atoms with Crippen LogP contribution in [-0.4, -0.2) is 12.1 Å². The molecule has 1 saturated carbocycles. The van der Waals surface area contributed by atoms with Crippen LogP contribution in [0.3, 0.4) is 0 Å². The Morgan fingerprint density at radius 1 is 1.25 bits per heavy atom. The van der Waals surface area contributed by atoms with Gasteiger partial charge in [-0.1, -0.05) is 11.6 Å². The second kappa shape index (κ2) is 5.02. The Balaban J connectivity index is 1.98. The number of halogens is 2. The largest absolute Gasteiger partial charge is 0.489 e. The number of ether oxygens (including phenoxy) is 1. The maximum absolute atomic E-state index is 12.8. The van der Waals surface area contributed by atoms with Crippen LogP contribution in [0, 0.1) is 5.82 Å². The summed E-state index contributed by atoms with van der Waals surface area (Å²) in [7, 11) is 0.